The summed E-state index contributed by atoms with van der Waals surface area (Å²) >= 11 is 5.84. The summed E-state index contributed by atoms with van der Waals surface area (Å²) in [7, 11) is 1.68. The first kappa shape index (κ1) is 13.6. The van der Waals surface area contributed by atoms with Crippen LogP contribution in [0.1, 0.15) is 24.3 Å². The van der Waals surface area contributed by atoms with E-state index in [0.29, 0.717) is 10.7 Å². The van der Waals surface area contributed by atoms with Crippen LogP contribution < -0.4 is 5.32 Å². The maximum absolute atomic E-state index is 12.5. The number of rotatable bonds is 1. The molecule has 1 aromatic heterocycles. The molecule has 0 radical (unpaired) electrons. The fraction of sp³-hybridized carbons (Fsp3) is 0.417. The average Bonchev–Trinajstić information content (AvgIpc) is 2.62. The molecule has 2 heterocycles. The summed E-state index contributed by atoms with van der Waals surface area (Å²) in [5.74, 6) is -1.38. The van der Waals surface area contributed by atoms with Gasteiger partial charge < -0.3 is 9.47 Å². The summed E-state index contributed by atoms with van der Waals surface area (Å²) < 4.78 is 1.57. The van der Waals surface area contributed by atoms with Crippen molar-refractivity contribution in [2.24, 2.45) is 7.05 Å². The Kier molecular flexibility index (Phi) is 3.14. The van der Waals surface area contributed by atoms with E-state index in [1.54, 1.807) is 31.7 Å². The lowest BCUT2D eigenvalue weighted by Gasteiger charge is -2.40. The number of amides is 3. The molecule has 0 saturated carbocycles. The molecule has 0 aliphatic carbocycles. The second kappa shape index (κ2) is 4.38. The van der Waals surface area contributed by atoms with Gasteiger partial charge in [0.05, 0.1) is 5.02 Å². The van der Waals surface area contributed by atoms with E-state index in [1.807, 2.05) is 0 Å². The zero-order valence-electron chi connectivity index (χ0n) is 10.9. The van der Waals surface area contributed by atoms with Gasteiger partial charge in [-0.3, -0.25) is 19.7 Å². The van der Waals surface area contributed by atoms with Gasteiger partial charge >= 0.3 is 0 Å². The van der Waals surface area contributed by atoms with E-state index >= 15 is 0 Å². The van der Waals surface area contributed by atoms with Gasteiger partial charge in [0.2, 0.25) is 5.91 Å². The van der Waals surface area contributed by atoms with Gasteiger partial charge in [-0.1, -0.05) is 11.6 Å². The normalized spacial score (nSPS) is 18.4. The van der Waals surface area contributed by atoms with E-state index in [1.165, 1.54) is 11.0 Å². The Morgan fingerprint density at radius 3 is 2.58 bits per heavy atom. The Balaban J connectivity index is 2.39. The molecule has 1 aliphatic heterocycles. The molecule has 1 N–H and O–H groups in total. The number of nitrogens with zero attached hydrogens (tertiary/aromatic N) is 2. The second-order valence-corrected chi connectivity index (χ2v) is 5.42. The Morgan fingerprint density at radius 1 is 1.42 bits per heavy atom. The van der Waals surface area contributed by atoms with E-state index in [4.69, 9.17) is 11.6 Å². The molecular formula is C12H14ClN3O3. The minimum atomic E-state index is -1.08. The third-order valence-electron chi connectivity index (χ3n) is 3.22. The lowest BCUT2D eigenvalue weighted by atomic mass is 9.98. The molecule has 1 saturated heterocycles. The Bertz CT molecular complexity index is 577. The number of carbonyl (C=O) groups excluding carboxylic acids is 3. The number of aromatic nitrogens is 1. The molecule has 1 aromatic rings. The molecular weight excluding hydrogens is 270 g/mol. The van der Waals surface area contributed by atoms with E-state index in [2.05, 4.69) is 5.32 Å². The molecule has 0 aromatic carbocycles. The zero-order valence-corrected chi connectivity index (χ0v) is 11.6. The van der Waals surface area contributed by atoms with Gasteiger partial charge in [-0.05, 0) is 19.9 Å². The molecule has 0 bridgehead atoms. The largest absolute Gasteiger partial charge is 0.345 e. The lowest BCUT2D eigenvalue weighted by Crippen LogP contribution is -2.65. The van der Waals surface area contributed by atoms with Gasteiger partial charge in [0.25, 0.3) is 11.8 Å². The Labute approximate surface area is 115 Å². The third kappa shape index (κ3) is 2.23. The molecule has 19 heavy (non-hydrogen) atoms. The van der Waals surface area contributed by atoms with Crippen molar-refractivity contribution in [2.75, 3.05) is 6.54 Å². The van der Waals surface area contributed by atoms with Crippen molar-refractivity contribution < 1.29 is 14.4 Å². The summed E-state index contributed by atoms with van der Waals surface area (Å²) in [4.78, 5) is 36.9. The van der Waals surface area contributed by atoms with Crippen molar-refractivity contribution in [3.05, 3.63) is 23.0 Å². The number of piperazine rings is 1. The fourth-order valence-corrected chi connectivity index (χ4v) is 2.23. The van der Waals surface area contributed by atoms with Crippen LogP contribution in [0.5, 0.6) is 0 Å². The van der Waals surface area contributed by atoms with E-state index in [-0.39, 0.29) is 6.54 Å². The van der Waals surface area contributed by atoms with E-state index < -0.39 is 23.3 Å². The molecule has 3 amide bonds. The number of imide groups is 1. The van der Waals surface area contributed by atoms with Crippen molar-refractivity contribution in [2.45, 2.75) is 19.4 Å². The van der Waals surface area contributed by atoms with Gasteiger partial charge in [0.1, 0.15) is 17.8 Å². The average molecular weight is 284 g/mol. The van der Waals surface area contributed by atoms with Crippen LogP contribution in [0.2, 0.25) is 5.02 Å². The SMILES string of the molecule is Cn1cc(Cl)cc1C(=O)N1CC(=O)NC(=O)C1(C)C. The summed E-state index contributed by atoms with van der Waals surface area (Å²) in [6.07, 6.45) is 1.59. The van der Waals surface area contributed by atoms with Crippen molar-refractivity contribution in [3.8, 4) is 0 Å². The minimum absolute atomic E-state index is 0.152. The smallest absolute Gasteiger partial charge is 0.271 e. The predicted molar refractivity (Wildman–Crippen MR) is 68.7 cm³/mol. The van der Waals surface area contributed by atoms with Crippen LogP contribution in [-0.4, -0.2) is 39.3 Å². The number of aryl methyl sites for hydroxylation is 1. The zero-order chi connectivity index (χ0) is 14.4. The second-order valence-electron chi connectivity index (χ2n) is 4.98. The lowest BCUT2D eigenvalue weighted by molar-refractivity contribution is -0.143. The quantitative estimate of drug-likeness (QED) is 0.766. The molecule has 1 aliphatic rings. The summed E-state index contributed by atoms with van der Waals surface area (Å²) in [5.41, 5.74) is -0.748. The van der Waals surface area contributed by atoms with Gasteiger partial charge in [0, 0.05) is 13.2 Å². The molecule has 0 atom stereocenters. The highest BCUT2D eigenvalue weighted by molar-refractivity contribution is 6.31. The predicted octanol–water partition coefficient (Wildman–Crippen LogP) is 0.556. The van der Waals surface area contributed by atoms with E-state index in [0.717, 1.165) is 0 Å². The van der Waals surface area contributed by atoms with Crippen LogP contribution in [0.4, 0.5) is 0 Å². The number of hydrogen-bond donors (Lipinski definition) is 1. The Morgan fingerprint density at radius 2 is 2.05 bits per heavy atom. The summed E-state index contributed by atoms with van der Waals surface area (Å²) in [5, 5.41) is 2.65. The molecule has 102 valence electrons. The summed E-state index contributed by atoms with van der Waals surface area (Å²) in [6, 6.07) is 1.51. The fourth-order valence-electron chi connectivity index (χ4n) is 1.98. The molecule has 0 spiro atoms. The van der Waals surface area contributed by atoms with Crippen LogP contribution in [0.15, 0.2) is 12.3 Å². The highest BCUT2D eigenvalue weighted by atomic mass is 35.5. The first-order valence-corrected chi connectivity index (χ1v) is 6.09. The first-order chi connectivity index (χ1) is 8.73. The number of halogens is 1. The topological polar surface area (TPSA) is 71.4 Å². The third-order valence-corrected chi connectivity index (χ3v) is 3.43. The van der Waals surface area contributed by atoms with Gasteiger partial charge in [-0.15, -0.1) is 0 Å². The van der Waals surface area contributed by atoms with Crippen LogP contribution in [-0.2, 0) is 16.6 Å². The molecule has 7 heteroatoms. The van der Waals surface area contributed by atoms with Crippen LogP contribution in [0.25, 0.3) is 0 Å². The van der Waals surface area contributed by atoms with Crippen molar-refractivity contribution in [1.29, 1.82) is 0 Å². The van der Waals surface area contributed by atoms with Crippen molar-refractivity contribution in [1.82, 2.24) is 14.8 Å². The maximum atomic E-state index is 12.5. The Hall–Kier alpha value is -1.82. The van der Waals surface area contributed by atoms with E-state index in [9.17, 15) is 14.4 Å². The number of carbonyl (C=O) groups is 3. The van der Waals surface area contributed by atoms with Crippen molar-refractivity contribution in [3.63, 3.8) is 0 Å². The molecule has 6 nitrogen and oxygen atoms in total. The standard InChI is InChI=1S/C12H14ClN3O3/c1-12(2)11(19)14-9(17)6-16(12)10(18)8-4-7(13)5-15(8)3/h4-5H,6H2,1-3H3,(H,14,17,19). The number of nitrogens with one attached hydrogen (secondary N) is 1. The first-order valence-electron chi connectivity index (χ1n) is 5.71. The maximum Gasteiger partial charge on any atom is 0.271 e. The van der Waals surface area contributed by atoms with Crippen molar-refractivity contribution >= 4 is 29.3 Å². The van der Waals surface area contributed by atoms with Gasteiger partial charge in [-0.2, -0.15) is 0 Å². The monoisotopic (exact) mass is 283 g/mol. The molecule has 2 rings (SSSR count). The van der Waals surface area contributed by atoms with Crippen LogP contribution in [0.3, 0.4) is 0 Å². The molecule has 1 fully saturated rings. The van der Waals surface area contributed by atoms with Gasteiger partial charge in [0.15, 0.2) is 0 Å². The summed E-state index contributed by atoms with van der Waals surface area (Å²) in [6.45, 7) is 3.04. The van der Waals surface area contributed by atoms with Gasteiger partial charge in [-0.25, -0.2) is 0 Å². The highest BCUT2D eigenvalue weighted by Gasteiger charge is 2.44. The number of hydrogen-bond acceptors (Lipinski definition) is 3. The molecule has 0 unspecified atom stereocenters. The van der Waals surface area contributed by atoms with Crippen LogP contribution >= 0.6 is 11.6 Å². The highest BCUT2D eigenvalue weighted by Crippen LogP contribution is 2.22. The van der Waals surface area contributed by atoms with Crippen LogP contribution in [0, 0.1) is 0 Å². The minimum Gasteiger partial charge on any atom is -0.345 e.